The van der Waals surface area contributed by atoms with Gasteiger partial charge in [0.1, 0.15) is 0 Å². The SMILES string of the molecule is C=C(/C=C(\NCc1ccc2ccccc2c1)c1ccc(-c2ccc(C)cc2)cc1)C(/C=C\CC)=C/C. The van der Waals surface area contributed by atoms with Gasteiger partial charge < -0.3 is 5.32 Å². The molecule has 0 aliphatic heterocycles. The van der Waals surface area contributed by atoms with Crippen molar-refractivity contribution in [1.29, 1.82) is 0 Å². The summed E-state index contributed by atoms with van der Waals surface area (Å²) in [6.07, 6.45) is 9.61. The fourth-order valence-electron chi connectivity index (χ4n) is 4.26. The number of hydrogen-bond donors (Lipinski definition) is 1. The Kier molecular flexibility index (Phi) is 8.36. The van der Waals surface area contributed by atoms with Crippen LogP contribution in [0, 0.1) is 6.92 Å². The molecule has 0 aliphatic carbocycles. The first-order chi connectivity index (χ1) is 17.6. The maximum Gasteiger partial charge on any atom is 0.0422 e. The van der Waals surface area contributed by atoms with Crippen LogP contribution in [0.4, 0.5) is 0 Å². The maximum absolute atomic E-state index is 4.38. The molecule has 0 aliphatic rings. The number of rotatable bonds is 9. The highest BCUT2D eigenvalue weighted by molar-refractivity contribution is 5.83. The minimum Gasteiger partial charge on any atom is -0.380 e. The van der Waals surface area contributed by atoms with E-state index < -0.39 is 0 Å². The summed E-state index contributed by atoms with van der Waals surface area (Å²) < 4.78 is 0. The summed E-state index contributed by atoms with van der Waals surface area (Å²) in [4.78, 5) is 0. The Labute approximate surface area is 216 Å². The van der Waals surface area contributed by atoms with Crippen LogP contribution in [-0.4, -0.2) is 0 Å². The minimum atomic E-state index is 0.736. The lowest BCUT2D eigenvalue weighted by Gasteiger charge is -2.15. The van der Waals surface area contributed by atoms with Gasteiger partial charge in [0, 0.05) is 12.2 Å². The van der Waals surface area contributed by atoms with Gasteiger partial charge in [0.2, 0.25) is 0 Å². The zero-order chi connectivity index (χ0) is 25.3. The fourth-order valence-corrected chi connectivity index (χ4v) is 4.26. The van der Waals surface area contributed by atoms with Crippen molar-refractivity contribution in [2.24, 2.45) is 0 Å². The zero-order valence-electron chi connectivity index (χ0n) is 21.6. The summed E-state index contributed by atoms with van der Waals surface area (Å²) in [7, 11) is 0. The lowest BCUT2D eigenvalue weighted by Crippen LogP contribution is -2.12. The van der Waals surface area contributed by atoms with E-state index in [0.29, 0.717) is 0 Å². The van der Waals surface area contributed by atoms with Gasteiger partial charge >= 0.3 is 0 Å². The van der Waals surface area contributed by atoms with Crippen LogP contribution < -0.4 is 5.32 Å². The number of nitrogens with one attached hydrogen (secondary N) is 1. The Balaban J connectivity index is 1.63. The lowest BCUT2D eigenvalue weighted by molar-refractivity contribution is 0.891. The van der Waals surface area contributed by atoms with E-state index in [9.17, 15) is 0 Å². The molecule has 0 unspecified atom stereocenters. The number of benzene rings is 4. The Morgan fingerprint density at radius 3 is 2.17 bits per heavy atom. The Hall–Kier alpha value is -4.10. The molecule has 36 heavy (non-hydrogen) atoms. The van der Waals surface area contributed by atoms with Crippen molar-refractivity contribution < 1.29 is 0 Å². The van der Waals surface area contributed by atoms with Crippen LogP contribution in [0.25, 0.3) is 27.6 Å². The summed E-state index contributed by atoms with van der Waals surface area (Å²) in [6.45, 7) is 11.4. The van der Waals surface area contributed by atoms with Crippen molar-refractivity contribution in [1.82, 2.24) is 5.32 Å². The van der Waals surface area contributed by atoms with E-state index >= 15 is 0 Å². The molecule has 0 heterocycles. The third kappa shape index (κ3) is 6.31. The van der Waals surface area contributed by atoms with Crippen LogP contribution in [-0.2, 0) is 6.54 Å². The molecule has 0 saturated carbocycles. The summed E-state index contributed by atoms with van der Waals surface area (Å²) in [6, 6.07) is 32.6. The van der Waals surface area contributed by atoms with Crippen LogP contribution in [0.2, 0.25) is 0 Å². The molecule has 4 aromatic rings. The fraction of sp³-hybridized carbons (Fsp3) is 0.143. The van der Waals surface area contributed by atoms with E-state index in [0.717, 1.165) is 35.4 Å². The van der Waals surface area contributed by atoms with Crippen molar-refractivity contribution in [3.05, 3.63) is 150 Å². The molecule has 1 heteroatoms. The van der Waals surface area contributed by atoms with Gasteiger partial charge in [0.15, 0.2) is 0 Å². The predicted octanol–water partition coefficient (Wildman–Crippen LogP) is 9.41. The van der Waals surface area contributed by atoms with Crippen LogP contribution in [0.5, 0.6) is 0 Å². The van der Waals surface area contributed by atoms with Crippen LogP contribution in [0.3, 0.4) is 0 Å². The van der Waals surface area contributed by atoms with Crippen LogP contribution in [0.15, 0.2) is 133 Å². The summed E-state index contributed by atoms with van der Waals surface area (Å²) in [5, 5.41) is 6.22. The molecule has 1 N–H and O–H groups in total. The van der Waals surface area contributed by atoms with Crippen molar-refractivity contribution in [3.8, 4) is 11.1 Å². The number of allylic oxidation sites excluding steroid dienone is 6. The normalized spacial score (nSPS) is 12.3. The molecule has 4 rings (SSSR count). The second kappa shape index (κ2) is 12.0. The first kappa shape index (κ1) is 25.0. The first-order valence-electron chi connectivity index (χ1n) is 12.7. The van der Waals surface area contributed by atoms with Gasteiger partial charge in [-0.15, -0.1) is 0 Å². The van der Waals surface area contributed by atoms with Crippen molar-refractivity contribution >= 4 is 16.5 Å². The van der Waals surface area contributed by atoms with Crippen molar-refractivity contribution in [2.45, 2.75) is 33.7 Å². The smallest absolute Gasteiger partial charge is 0.0422 e. The molecule has 0 bridgehead atoms. The predicted molar refractivity (Wildman–Crippen MR) is 158 cm³/mol. The van der Waals surface area contributed by atoms with Crippen molar-refractivity contribution in [3.63, 3.8) is 0 Å². The number of fused-ring (bicyclic) bond motifs is 1. The zero-order valence-corrected chi connectivity index (χ0v) is 21.6. The molecule has 0 atom stereocenters. The van der Waals surface area contributed by atoms with Gasteiger partial charge in [-0.25, -0.2) is 0 Å². The first-order valence-corrected chi connectivity index (χ1v) is 12.7. The Morgan fingerprint density at radius 1 is 0.833 bits per heavy atom. The largest absolute Gasteiger partial charge is 0.380 e. The molecule has 0 aromatic heterocycles. The third-order valence-electron chi connectivity index (χ3n) is 6.41. The molecule has 0 radical (unpaired) electrons. The van der Waals surface area contributed by atoms with E-state index in [-0.39, 0.29) is 0 Å². The molecule has 0 saturated heterocycles. The Morgan fingerprint density at radius 2 is 1.50 bits per heavy atom. The standard InChI is InChI=1S/C35H35N/c1-5-7-10-29(6-2)27(4)23-35(36-25-28-15-18-30-11-8-9-12-34(30)24-28)33-21-19-32(20-22-33)31-16-13-26(3)14-17-31/h6-24,36H,4-5,25H2,1-3H3/b10-7-,29-6+,35-23-. The second-order valence-electron chi connectivity index (χ2n) is 9.12. The van der Waals surface area contributed by atoms with Crippen LogP contribution >= 0.6 is 0 Å². The van der Waals surface area contributed by atoms with Gasteiger partial charge in [-0.2, -0.15) is 0 Å². The highest BCUT2D eigenvalue weighted by Gasteiger charge is 2.07. The summed E-state index contributed by atoms with van der Waals surface area (Å²) in [5.74, 6) is 0. The van der Waals surface area contributed by atoms with E-state index in [1.165, 1.54) is 33.0 Å². The molecule has 4 aromatic carbocycles. The van der Waals surface area contributed by atoms with Gasteiger partial charge in [-0.1, -0.05) is 122 Å². The number of aryl methyl sites for hydroxylation is 1. The lowest BCUT2D eigenvalue weighted by atomic mass is 9.99. The number of hydrogen-bond acceptors (Lipinski definition) is 1. The molecule has 180 valence electrons. The molecule has 1 nitrogen and oxygen atoms in total. The molecular formula is C35H35N. The highest BCUT2D eigenvalue weighted by Crippen LogP contribution is 2.25. The molecular weight excluding hydrogens is 434 g/mol. The van der Waals surface area contributed by atoms with E-state index in [2.05, 4.69) is 148 Å². The van der Waals surface area contributed by atoms with E-state index in [1.54, 1.807) is 0 Å². The minimum absolute atomic E-state index is 0.736. The maximum atomic E-state index is 4.38. The molecule has 0 fully saturated rings. The van der Waals surface area contributed by atoms with Gasteiger partial charge in [0.25, 0.3) is 0 Å². The topological polar surface area (TPSA) is 12.0 Å². The van der Waals surface area contributed by atoms with Gasteiger partial charge in [-0.05, 0) is 76.6 Å². The van der Waals surface area contributed by atoms with Crippen LogP contribution in [0.1, 0.15) is 37.0 Å². The van der Waals surface area contributed by atoms with Gasteiger partial charge in [-0.3, -0.25) is 0 Å². The highest BCUT2D eigenvalue weighted by atomic mass is 14.9. The van der Waals surface area contributed by atoms with Gasteiger partial charge in [0.05, 0.1) is 0 Å². The molecule has 0 spiro atoms. The summed E-state index contributed by atoms with van der Waals surface area (Å²) in [5.41, 5.74) is 9.30. The van der Waals surface area contributed by atoms with Crippen molar-refractivity contribution in [2.75, 3.05) is 0 Å². The average molecular weight is 470 g/mol. The second-order valence-corrected chi connectivity index (χ2v) is 9.12. The van der Waals surface area contributed by atoms with E-state index in [1.807, 2.05) is 0 Å². The average Bonchev–Trinajstić information content (AvgIpc) is 2.92. The monoisotopic (exact) mass is 469 g/mol. The molecule has 0 amide bonds. The Bertz CT molecular complexity index is 1410. The quantitative estimate of drug-likeness (QED) is 0.241. The summed E-state index contributed by atoms with van der Waals surface area (Å²) >= 11 is 0. The van der Waals surface area contributed by atoms with E-state index in [4.69, 9.17) is 0 Å². The third-order valence-corrected chi connectivity index (χ3v) is 6.41.